The summed E-state index contributed by atoms with van der Waals surface area (Å²) < 4.78 is 15.2. The van der Waals surface area contributed by atoms with E-state index in [1.807, 2.05) is 34.5 Å². The summed E-state index contributed by atoms with van der Waals surface area (Å²) in [6, 6.07) is 12.5. The van der Waals surface area contributed by atoms with E-state index < -0.39 is 0 Å². The van der Waals surface area contributed by atoms with Gasteiger partial charge in [-0.1, -0.05) is 24.3 Å². The minimum atomic E-state index is -0.348. The van der Waals surface area contributed by atoms with Crippen LogP contribution in [0.3, 0.4) is 0 Å². The largest absolute Gasteiger partial charge is 0.479 e. The Labute approximate surface area is 199 Å². The summed E-state index contributed by atoms with van der Waals surface area (Å²) in [5.74, 6) is 2.28. The van der Waals surface area contributed by atoms with Crippen molar-refractivity contribution in [3.63, 3.8) is 0 Å². The molecule has 8 nitrogen and oxygen atoms in total. The lowest BCUT2D eigenvalue weighted by atomic mass is 9.87. The average molecular weight is 459 g/mol. The molecule has 176 valence electrons. The van der Waals surface area contributed by atoms with Crippen molar-refractivity contribution in [1.82, 2.24) is 29.3 Å². The Balaban J connectivity index is 1.50. The zero-order chi connectivity index (χ0) is 23.9. The van der Waals surface area contributed by atoms with Crippen LogP contribution in [0.5, 0.6) is 5.88 Å². The maximum Gasteiger partial charge on any atom is 0.238 e. The normalized spacial score (nSPS) is 15.9. The maximum atomic E-state index is 5.70. The van der Waals surface area contributed by atoms with E-state index >= 15 is 0 Å². The first-order chi connectivity index (χ1) is 16.4. The number of rotatable bonds is 6. The highest BCUT2D eigenvalue weighted by Crippen LogP contribution is 2.36. The van der Waals surface area contributed by atoms with Gasteiger partial charge in [0.2, 0.25) is 5.88 Å². The monoisotopic (exact) mass is 458 g/mol. The number of nitrogens with zero attached hydrogens (tertiary/aromatic N) is 6. The fourth-order valence-electron chi connectivity index (χ4n) is 4.48. The molecular formula is C26H30N6O2. The topological polar surface area (TPSA) is 79.9 Å². The van der Waals surface area contributed by atoms with Crippen molar-refractivity contribution >= 4 is 0 Å². The highest BCUT2D eigenvalue weighted by molar-refractivity contribution is 5.55. The summed E-state index contributed by atoms with van der Waals surface area (Å²) in [5, 5.41) is 4.81. The summed E-state index contributed by atoms with van der Waals surface area (Å²) in [6.07, 6.45) is 5.78. The van der Waals surface area contributed by atoms with Crippen molar-refractivity contribution in [2.24, 2.45) is 0 Å². The van der Waals surface area contributed by atoms with Gasteiger partial charge in [0.15, 0.2) is 5.82 Å². The van der Waals surface area contributed by atoms with Crippen LogP contribution >= 0.6 is 0 Å². The highest BCUT2D eigenvalue weighted by Gasteiger charge is 2.28. The number of ether oxygens (including phenoxy) is 2. The summed E-state index contributed by atoms with van der Waals surface area (Å²) in [5.41, 5.74) is 4.48. The van der Waals surface area contributed by atoms with Crippen molar-refractivity contribution in [2.45, 2.75) is 51.7 Å². The van der Waals surface area contributed by atoms with Crippen molar-refractivity contribution in [3.05, 3.63) is 71.6 Å². The van der Waals surface area contributed by atoms with Crippen LogP contribution in [0.25, 0.3) is 17.2 Å². The lowest BCUT2D eigenvalue weighted by Crippen LogP contribution is -2.21. The van der Waals surface area contributed by atoms with Gasteiger partial charge in [0.25, 0.3) is 0 Å². The minimum Gasteiger partial charge on any atom is -0.479 e. The number of aromatic nitrogens is 6. The molecule has 0 N–H and O–H groups in total. The van der Waals surface area contributed by atoms with Gasteiger partial charge >= 0.3 is 0 Å². The molecule has 0 spiro atoms. The van der Waals surface area contributed by atoms with Crippen molar-refractivity contribution in [1.29, 1.82) is 0 Å². The lowest BCUT2D eigenvalue weighted by Gasteiger charge is -2.27. The van der Waals surface area contributed by atoms with E-state index in [1.165, 1.54) is 5.56 Å². The van der Waals surface area contributed by atoms with Gasteiger partial charge in [-0.2, -0.15) is 0 Å². The standard InChI is InChI=1S/C26H30N6O2/c1-17-15-31(16-27-17)22-12-11-21(28-25(22)33-4)23-29-24-20(10-7-13-32(24)30-23)18-8-6-9-19(14-18)26(2,3)34-5/h6,8-9,11-12,14-16,20H,7,10,13H2,1-5H3. The fraction of sp³-hybridized carbons (Fsp3) is 0.385. The van der Waals surface area contributed by atoms with E-state index in [9.17, 15) is 0 Å². The molecule has 1 aromatic carbocycles. The number of fused-ring (bicyclic) bond motifs is 1. The van der Waals surface area contributed by atoms with Gasteiger partial charge in [0.05, 0.1) is 24.7 Å². The Morgan fingerprint density at radius 2 is 1.94 bits per heavy atom. The van der Waals surface area contributed by atoms with Crippen molar-refractivity contribution < 1.29 is 9.47 Å². The van der Waals surface area contributed by atoms with E-state index in [2.05, 4.69) is 43.1 Å². The van der Waals surface area contributed by atoms with E-state index in [0.29, 0.717) is 17.4 Å². The molecule has 3 aromatic heterocycles. The second-order valence-electron chi connectivity index (χ2n) is 9.20. The molecule has 0 aliphatic carbocycles. The molecule has 8 heteroatoms. The van der Waals surface area contributed by atoms with E-state index in [0.717, 1.165) is 42.2 Å². The van der Waals surface area contributed by atoms with Crippen LogP contribution in [0.4, 0.5) is 0 Å². The molecule has 34 heavy (non-hydrogen) atoms. The molecule has 1 unspecified atom stereocenters. The molecule has 0 saturated heterocycles. The number of aryl methyl sites for hydroxylation is 2. The van der Waals surface area contributed by atoms with E-state index in [4.69, 9.17) is 24.5 Å². The van der Waals surface area contributed by atoms with E-state index in [-0.39, 0.29) is 11.5 Å². The van der Waals surface area contributed by atoms with Gasteiger partial charge in [-0.05, 0) is 56.9 Å². The highest BCUT2D eigenvalue weighted by atomic mass is 16.5. The summed E-state index contributed by atoms with van der Waals surface area (Å²) in [6.45, 7) is 6.97. The van der Waals surface area contributed by atoms with Gasteiger partial charge in [-0.25, -0.2) is 19.6 Å². The Bertz CT molecular complexity index is 1320. The molecular weight excluding hydrogens is 428 g/mol. The first-order valence-corrected chi connectivity index (χ1v) is 11.6. The third-order valence-electron chi connectivity index (χ3n) is 6.62. The molecule has 4 aromatic rings. The van der Waals surface area contributed by atoms with Crippen LogP contribution in [0.1, 0.15) is 55.3 Å². The van der Waals surface area contributed by atoms with Crippen LogP contribution < -0.4 is 4.74 Å². The average Bonchev–Trinajstić information content (AvgIpc) is 3.50. The molecule has 5 rings (SSSR count). The zero-order valence-electron chi connectivity index (χ0n) is 20.3. The Kier molecular flexibility index (Phi) is 5.69. The number of benzene rings is 1. The molecule has 0 fully saturated rings. The van der Waals surface area contributed by atoms with Gasteiger partial charge < -0.3 is 14.0 Å². The number of hydrogen-bond donors (Lipinski definition) is 0. The van der Waals surface area contributed by atoms with Crippen LogP contribution in [0.2, 0.25) is 0 Å². The third-order valence-corrected chi connectivity index (χ3v) is 6.62. The molecule has 0 radical (unpaired) electrons. The molecule has 1 atom stereocenters. The molecule has 1 aliphatic rings. The molecule has 0 amide bonds. The minimum absolute atomic E-state index is 0.178. The van der Waals surface area contributed by atoms with Gasteiger partial charge in [0, 0.05) is 25.8 Å². The Hall–Kier alpha value is -3.52. The maximum absolute atomic E-state index is 5.70. The summed E-state index contributed by atoms with van der Waals surface area (Å²) in [7, 11) is 3.37. The molecule has 4 heterocycles. The van der Waals surface area contributed by atoms with Crippen molar-refractivity contribution in [2.75, 3.05) is 14.2 Å². The van der Waals surface area contributed by atoms with E-state index in [1.54, 1.807) is 20.5 Å². The number of imidazole rings is 1. The summed E-state index contributed by atoms with van der Waals surface area (Å²) in [4.78, 5) is 14.0. The summed E-state index contributed by atoms with van der Waals surface area (Å²) >= 11 is 0. The second-order valence-corrected chi connectivity index (χ2v) is 9.20. The zero-order valence-corrected chi connectivity index (χ0v) is 20.3. The van der Waals surface area contributed by atoms with Crippen LogP contribution in [0.15, 0.2) is 48.9 Å². The van der Waals surface area contributed by atoms with Crippen molar-refractivity contribution in [3.8, 4) is 23.1 Å². The number of methoxy groups -OCH3 is 2. The van der Waals surface area contributed by atoms with Gasteiger partial charge in [0.1, 0.15) is 17.2 Å². The third kappa shape index (κ3) is 3.98. The van der Waals surface area contributed by atoms with Gasteiger partial charge in [-0.3, -0.25) is 0 Å². The first kappa shape index (κ1) is 22.3. The predicted molar refractivity (Wildman–Crippen MR) is 129 cm³/mol. The number of pyridine rings is 1. The predicted octanol–water partition coefficient (Wildman–Crippen LogP) is 4.65. The van der Waals surface area contributed by atoms with Crippen LogP contribution in [0, 0.1) is 6.92 Å². The first-order valence-electron chi connectivity index (χ1n) is 11.6. The molecule has 0 saturated carbocycles. The van der Waals surface area contributed by atoms with Crippen LogP contribution in [-0.2, 0) is 16.9 Å². The second kappa shape index (κ2) is 8.68. The molecule has 1 aliphatic heterocycles. The lowest BCUT2D eigenvalue weighted by molar-refractivity contribution is 0.0191. The Morgan fingerprint density at radius 1 is 1.09 bits per heavy atom. The van der Waals surface area contributed by atoms with Gasteiger partial charge in [-0.15, -0.1) is 5.10 Å². The Morgan fingerprint density at radius 3 is 2.68 bits per heavy atom. The molecule has 0 bridgehead atoms. The number of hydrogen-bond acceptors (Lipinski definition) is 6. The smallest absolute Gasteiger partial charge is 0.238 e. The quantitative estimate of drug-likeness (QED) is 0.418. The fourth-order valence-corrected chi connectivity index (χ4v) is 4.48. The SMILES string of the molecule is COc1nc(-c2nc3n(n2)CCCC3c2cccc(C(C)(C)OC)c2)ccc1-n1cnc(C)c1. The van der Waals surface area contributed by atoms with Crippen LogP contribution in [-0.4, -0.2) is 43.5 Å².